The summed E-state index contributed by atoms with van der Waals surface area (Å²) in [6.07, 6.45) is 9.33. The molecule has 1 aromatic rings. The number of likely N-dealkylation sites (tertiary alicyclic amines) is 1. The van der Waals surface area contributed by atoms with Crippen molar-refractivity contribution in [3.05, 3.63) is 35.1 Å². The van der Waals surface area contributed by atoms with Crippen LogP contribution in [0, 0.1) is 5.82 Å². The Morgan fingerprint density at radius 3 is 2.63 bits per heavy atom. The van der Waals surface area contributed by atoms with Crippen LogP contribution in [0.3, 0.4) is 0 Å². The summed E-state index contributed by atoms with van der Waals surface area (Å²) in [7, 11) is 5.73. The lowest BCUT2D eigenvalue weighted by Crippen LogP contribution is -2.53. The minimum absolute atomic E-state index is 0. The van der Waals surface area contributed by atoms with E-state index < -0.39 is 0 Å². The average molecular weight is 532 g/mol. The molecule has 1 aliphatic carbocycles. The van der Waals surface area contributed by atoms with Crippen LogP contribution in [-0.4, -0.2) is 62.1 Å². The van der Waals surface area contributed by atoms with Gasteiger partial charge in [-0.05, 0) is 64.0 Å². The minimum Gasteiger partial charge on any atom is -0.352 e. The number of piperidine rings is 1. The number of halogens is 2. The summed E-state index contributed by atoms with van der Waals surface area (Å²) >= 11 is 0. The van der Waals surface area contributed by atoms with Crippen molar-refractivity contribution in [1.82, 2.24) is 20.4 Å². The smallest absolute Gasteiger partial charge is 0.191 e. The Hall–Kier alpha value is -0.930. The Labute approximate surface area is 198 Å². The SMILES string of the molecule is CN=C(NCc1ccc(F)c(CN(C)C)c1)NC1CCCN(C2CCCCC2)C1.I. The molecule has 0 aromatic heterocycles. The van der Waals surface area contributed by atoms with Crippen LogP contribution in [-0.2, 0) is 13.1 Å². The van der Waals surface area contributed by atoms with Gasteiger partial charge in [0.1, 0.15) is 5.82 Å². The van der Waals surface area contributed by atoms with Crippen molar-refractivity contribution in [2.45, 2.75) is 70.1 Å². The summed E-state index contributed by atoms with van der Waals surface area (Å²) in [5.41, 5.74) is 1.80. The van der Waals surface area contributed by atoms with Crippen LogP contribution in [0.4, 0.5) is 4.39 Å². The van der Waals surface area contributed by atoms with Crippen LogP contribution >= 0.6 is 24.0 Å². The Morgan fingerprint density at radius 2 is 1.93 bits per heavy atom. The van der Waals surface area contributed by atoms with Crippen molar-refractivity contribution < 1.29 is 4.39 Å². The first-order valence-corrected chi connectivity index (χ1v) is 11.2. The maximum absolute atomic E-state index is 14.0. The lowest BCUT2D eigenvalue weighted by molar-refractivity contribution is 0.115. The van der Waals surface area contributed by atoms with Crippen molar-refractivity contribution in [3.8, 4) is 0 Å². The van der Waals surface area contributed by atoms with Crippen molar-refractivity contribution in [2.75, 3.05) is 34.2 Å². The fourth-order valence-corrected chi connectivity index (χ4v) is 4.68. The van der Waals surface area contributed by atoms with Gasteiger partial charge in [-0.15, -0.1) is 24.0 Å². The predicted octanol–water partition coefficient (Wildman–Crippen LogP) is 3.97. The van der Waals surface area contributed by atoms with E-state index in [0.29, 0.717) is 19.1 Å². The lowest BCUT2D eigenvalue weighted by Gasteiger charge is -2.40. The van der Waals surface area contributed by atoms with Gasteiger partial charge < -0.3 is 15.5 Å². The number of hydrogen-bond donors (Lipinski definition) is 2. The number of hydrogen-bond acceptors (Lipinski definition) is 3. The van der Waals surface area contributed by atoms with Crippen molar-refractivity contribution in [3.63, 3.8) is 0 Å². The summed E-state index contributed by atoms with van der Waals surface area (Å²) in [4.78, 5) is 9.10. The molecule has 3 rings (SSSR count). The molecule has 0 bridgehead atoms. The van der Waals surface area contributed by atoms with E-state index in [-0.39, 0.29) is 29.8 Å². The summed E-state index contributed by atoms with van der Waals surface area (Å²) in [5.74, 6) is 0.689. The van der Waals surface area contributed by atoms with Crippen LogP contribution in [0.25, 0.3) is 0 Å². The first kappa shape index (κ1) is 25.3. The molecular weight excluding hydrogens is 492 g/mol. The summed E-state index contributed by atoms with van der Waals surface area (Å²) in [5, 5.41) is 7.03. The van der Waals surface area contributed by atoms with E-state index in [9.17, 15) is 4.39 Å². The molecule has 5 nitrogen and oxygen atoms in total. The summed E-state index contributed by atoms with van der Waals surface area (Å²) in [6, 6.07) is 6.57. The third-order valence-electron chi connectivity index (χ3n) is 6.17. The number of benzene rings is 1. The topological polar surface area (TPSA) is 42.9 Å². The third kappa shape index (κ3) is 7.64. The molecule has 1 heterocycles. The highest BCUT2D eigenvalue weighted by molar-refractivity contribution is 14.0. The highest BCUT2D eigenvalue weighted by Gasteiger charge is 2.27. The Kier molecular flexibility index (Phi) is 10.8. The second-order valence-corrected chi connectivity index (χ2v) is 8.86. The van der Waals surface area contributed by atoms with E-state index in [0.717, 1.165) is 29.7 Å². The second kappa shape index (κ2) is 12.8. The second-order valence-electron chi connectivity index (χ2n) is 8.86. The van der Waals surface area contributed by atoms with Gasteiger partial charge in [0.15, 0.2) is 5.96 Å². The van der Waals surface area contributed by atoms with E-state index in [1.54, 1.807) is 6.07 Å². The van der Waals surface area contributed by atoms with Gasteiger partial charge in [-0.3, -0.25) is 9.89 Å². The third-order valence-corrected chi connectivity index (χ3v) is 6.17. The number of nitrogens with zero attached hydrogens (tertiary/aromatic N) is 3. The highest BCUT2D eigenvalue weighted by Crippen LogP contribution is 2.25. The molecule has 1 aromatic carbocycles. The number of guanidine groups is 1. The zero-order valence-electron chi connectivity index (χ0n) is 18.8. The van der Waals surface area contributed by atoms with Gasteiger partial charge in [0.05, 0.1) is 0 Å². The molecule has 1 saturated heterocycles. The van der Waals surface area contributed by atoms with Gasteiger partial charge in [0.25, 0.3) is 0 Å². The fourth-order valence-electron chi connectivity index (χ4n) is 4.68. The summed E-state index contributed by atoms with van der Waals surface area (Å²) < 4.78 is 14.0. The van der Waals surface area contributed by atoms with Crippen LogP contribution in [0.1, 0.15) is 56.1 Å². The molecule has 7 heteroatoms. The summed E-state index contributed by atoms with van der Waals surface area (Å²) in [6.45, 7) is 3.58. The zero-order chi connectivity index (χ0) is 20.6. The number of rotatable bonds is 6. The first-order chi connectivity index (χ1) is 14.0. The van der Waals surface area contributed by atoms with Crippen LogP contribution < -0.4 is 10.6 Å². The largest absolute Gasteiger partial charge is 0.352 e. The maximum atomic E-state index is 14.0. The van der Waals surface area contributed by atoms with Gasteiger partial charge in [-0.1, -0.05) is 25.3 Å². The first-order valence-electron chi connectivity index (χ1n) is 11.2. The molecule has 0 amide bonds. The molecule has 2 N–H and O–H groups in total. The minimum atomic E-state index is -0.144. The molecule has 2 fully saturated rings. The Bertz CT molecular complexity index is 676. The van der Waals surface area contributed by atoms with Crippen LogP contribution in [0.5, 0.6) is 0 Å². The van der Waals surface area contributed by atoms with Crippen LogP contribution in [0.2, 0.25) is 0 Å². The van der Waals surface area contributed by atoms with Crippen LogP contribution in [0.15, 0.2) is 23.2 Å². The number of aliphatic imine (C=N–C) groups is 1. The fraction of sp³-hybridized carbons (Fsp3) is 0.696. The van der Waals surface area contributed by atoms with E-state index in [1.165, 1.54) is 51.5 Å². The highest BCUT2D eigenvalue weighted by atomic mass is 127. The normalized spacial score (nSPS) is 21.4. The van der Waals surface area contributed by atoms with Gasteiger partial charge in [0.2, 0.25) is 0 Å². The molecule has 1 saturated carbocycles. The molecular formula is C23H39FIN5. The molecule has 0 radical (unpaired) electrons. The Morgan fingerprint density at radius 1 is 1.17 bits per heavy atom. The molecule has 1 atom stereocenters. The monoisotopic (exact) mass is 531 g/mol. The molecule has 1 aliphatic heterocycles. The van der Waals surface area contributed by atoms with E-state index in [4.69, 9.17) is 0 Å². The molecule has 0 spiro atoms. The molecule has 30 heavy (non-hydrogen) atoms. The van der Waals surface area contributed by atoms with Gasteiger partial charge in [-0.2, -0.15) is 0 Å². The van der Waals surface area contributed by atoms with Gasteiger partial charge in [-0.25, -0.2) is 4.39 Å². The molecule has 2 aliphatic rings. The van der Waals surface area contributed by atoms with E-state index >= 15 is 0 Å². The average Bonchev–Trinajstić information content (AvgIpc) is 2.73. The van der Waals surface area contributed by atoms with Crippen molar-refractivity contribution in [1.29, 1.82) is 0 Å². The van der Waals surface area contributed by atoms with Gasteiger partial charge in [0, 0.05) is 44.3 Å². The molecule has 170 valence electrons. The van der Waals surface area contributed by atoms with Crippen molar-refractivity contribution >= 4 is 29.9 Å². The predicted molar refractivity (Wildman–Crippen MR) is 134 cm³/mol. The lowest BCUT2D eigenvalue weighted by atomic mass is 9.92. The van der Waals surface area contributed by atoms with E-state index in [2.05, 4.69) is 20.5 Å². The maximum Gasteiger partial charge on any atom is 0.191 e. The standard InChI is InChI=1S/C23H38FN5.HI/c1-25-23(26-15-18-11-12-22(24)19(14-18)16-28(2)3)27-20-8-7-13-29(17-20)21-9-5-4-6-10-21;/h11-12,14,20-21H,4-10,13,15-17H2,1-3H3,(H2,25,26,27);1H. The zero-order valence-corrected chi connectivity index (χ0v) is 21.1. The Balaban J connectivity index is 0.00000320. The molecule has 1 unspecified atom stereocenters. The van der Waals surface area contributed by atoms with Gasteiger partial charge >= 0.3 is 0 Å². The number of nitrogens with one attached hydrogen (secondary N) is 2. The quantitative estimate of drug-likeness (QED) is 0.332. The van der Waals surface area contributed by atoms with Crippen molar-refractivity contribution in [2.24, 2.45) is 4.99 Å². The van der Waals surface area contributed by atoms with E-state index in [1.807, 2.05) is 38.2 Å².